The molecule has 1 aliphatic carbocycles. The quantitative estimate of drug-likeness (QED) is 0.524. The first kappa shape index (κ1) is 20.0. The third-order valence-corrected chi connectivity index (χ3v) is 6.76. The van der Waals surface area contributed by atoms with Gasteiger partial charge in [-0.1, -0.05) is 0 Å². The molecule has 4 aromatic rings. The van der Waals surface area contributed by atoms with Gasteiger partial charge in [-0.25, -0.2) is 14.6 Å². The molecule has 0 unspecified atom stereocenters. The van der Waals surface area contributed by atoms with Crippen LogP contribution in [0.25, 0.3) is 28.0 Å². The van der Waals surface area contributed by atoms with Gasteiger partial charge in [0.1, 0.15) is 11.5 Å². The van der Waals surface area contributed by atoms with Crippen molar-refractivity contribution in [1.29, 1.82) is 0 Å². The average molecular weight is 442 g/mol. The second-order valence-electron chi connectivity index (χ2n) is 9.15. The van der Waals surface area contributed by atoms with Crippen molar-refractivity contribution in [1.82, 2.24) is 29.6 Å². The summed E-state index contributed by atoms with van der Waals surface area (Å²) in [7, 11) is 0. The van der Waals surface area contributed by atoms with Gasteiger partial charge in [-0.15, -0.1) is 0 Å². The van der Waals surface area contributed by atoms with E-state index in [-0.39, 0.29) is 5.92 Å². The van der Waals surface area contributed by atoms with E-state index >= 15 is 0 Å². The van der Waals surface area contributed by atoms with Gasteiger partial charge >= 0.3 is 0 Å². The van der Waals surface area contributed by atoms with E-state index in [1.807, 2.05) is 41.2 Å². The number of carbonyl (C=O) groups is 1. The van der Waals surface area contributed by atoms with E-state index in [2.05, 4.69) is 50.1 Å². The Morgan fingerprint density at radius 1 is 1.06 bits per heavy atom. The lowest BCUT2D eigenvalue weighted by Crippen LogP contribution is -2.49. The van der Waals surface area contributed by atoms with Gasteiger partial charge in [-0.2, -0.15) is 5.10 Å². The zero-order valence-corrected chi connectivity index (χ0v) is 19.0. The van der Waals surface area contributed by atoms with Crippen LogP contribution in [-0.4, -0.2) is 61.7 Å². The number of nitrogens with zero attached hydrogens (tertiary/aromatic N) is 6. The summed E-state index contributed by atoms with van der Waals surface area (Å²) in [4.78, 5) is 29.3. The molecule has 0 bridgehead atoms. The highest BCUT2D eigenvalue weighted by atomic mass is 16.2. The fourth-order valence-electron chi connectivity index (χ4n) is 4.47. The smallest absolute Gasteiger partial charge is 0.225 e. The molecule has 0 radical (unpaired) electrons. The van der Waals surface area contributed by atoms with Gasteiger partial charge in [0, 0.05) is 61.1 Å². The molecule has 8 heteroatoms. The Kier molecular flexibility index (Phi) is 4.67. The van der Waals surface area contributed by atoms with Crippen molar-refractivity contribution < 1.29 is 4.79 Å². The molecule has 0 aromatic carbocycles. The number of piperazine rings is 1. The van der Waals surface area contributed by atoms with Crippen molar-refractivity contribution in [2.75, 3.05) is 31.1 Å². The van der Waals surface area contributed by atoms with Crippen LogP contribution in [0.2, 0.25) is 0 Å². The number of aromatic nitrogens is 5. The number of hydrogen-bond acceptors (Lipinski definition) is 5. The van der Waals surface area contributed by atoms with Gasteiger partial charge in [0.15, 0.2) is 0 Å². The normalized spacial score (nSPS) is 16.5. The van der Waals surface area contributed by atoms with E-state index in [0.29, 0.717) is 5.91 Å². The minimum absolute atomic E-state index is 0.287. The Morgan fingerprint density at radius 2 is 1.88 bits per heavy atom. The fraction of sp³-hybridized carbons (Fsp3) is 0.360. The molecule has 1 N–H and O–H groups in total. The molecule has 168 valence electrons. The Hall–Kier alpha value is -3.68. The molecular weight excluding hydrogens is 414 g/mol. The van der Waals surface area contributed by atoms with Gasteiger partial charge in [-0.3, -0.25) is 4.79 Å². The number of nitrogens with one attached hydrogen (secondary N) is 1. The number of fused-ring (bicyclic) bond motifs is 1. The second kappa shape index (κ2) is 7.72. The number of anilines is 1. The standard InChI is InChI=1S/C25H27N7O/c1-16-15-32(29-17(16)2)21-11-20-12-22(28-24(20)27-14-21)19-5-6-26-23(13-19)30-7-9-31(10-8-30)25(33)18-3-4-18/h5-6,11-15,18H,3-4,7-10H2,1-2H3,(H,27,28). The van der Waals surface area contributed by atoms with Crippen molar-refractivity contribution in [3.05, 3.63) is 54.1 Å². The van der Waals surface area contributed by atoms with Crippen LogP contribution in [-0.2, 0) is 4.79 Å². The topological polar surface area (TPSA) is 82.9 Å². The lowest BCUT2D eigenvalue weighted by atomic mass is 10.1. The molecule has 8 nitrogen and oxygen atoms in total. The maximum Gasteiger partial charge on any atom is 0.225 e. The fourth-order valence-corrected chi connectivity index (χ4v) is 4.47. The van der Waals surface area contributed by atoms with Gasteiger partial charge < -0.3 is 14.8 Å². The van der Waals surface area contributed by atoms with Crippen LogP contribution in [0, 0.1) is 19.8 Å². The lowest BCUT2D eigenvalue weighted by Gasteiger charge is -2.35. The highest BCUT2D eigenvalue weighted by molar-refractivity contribution is 5.85. The van der Waals surface area contributed by atoms with Crippen LogP contribution in [0.15, 0.2) is 42.9 Å². The van der Waals surface area contributed by atoms with Crippen molar-refractivity contribution in [2.45, 2.75) is 26.7 Å². The molecule has 6 rings (SSSR count). The molecule has 1 amide bonds. The predicted molar refractivity (Wildman–Crippen MR) is 127 cm³/mol. The van der Waals surface area contributed by atoms with Crippen LogP contribution in [0.4, 0.5) is 5.82 Å². The maximum atomic E-state index is 12.3. The summed E-state index contributed by atoms with van der Waals surface area (Å²) >= 11 is 0. The zero-order valence-electron chi connectivity index (χ0n) is 19.0. The Morgan fingerprint density at radius 3 is 2.61 bits per heavy atom. The summed E-state index contributed by atoms with van der Waals surface area (Å²) in [5.41, 5.74) is 6.05. The van der Waals surface area contributed by atoms with Crippen LogP contribution in [0.5, 0.6) is 0 Å². The van der Waals surface area contributed by atoms with Gasteiger partial charge in [0.2, 0.25) is 5.91 Å². The summed E-state index contributed by atoms with van der Waals surface area (Å²) in [5.74, 6) is 1.57. The van der Waals surface area contributed by atoms with E-state index in [9.17, 15) is 4.79 Å². The largest absolute Gasteiger partial charge is 0.353 e. The number of carbonyl (C=O) groups excluding carboxylic acids is 1. The molecule has 2 fully saturated rings. The van der Waals surface area contributed by atoms with Gasteiger partial charge in [0.05, 0.1) is 17.6 Å². The second-order valence-corrected chi connectivity index (χ2v) is 9.15. The Bertz CT molecular complexity index is 1320. The van der Waals surface area contributed by atoms with E-state index < -0.39 is 0 Å². The predicted octanol–water partition coefficient (Wildman–Crippen LogP) is 3.49. The lowest BCUT2D eigenvalue weighted by molar-refractivity contribution is -0.132. The molecule has 5 heterocycles. The molecule has 0 atom stereocenters. The minimum atomic E-state index is 0.287. The van der Waals surface area contributed by atoms with E-state index in [0.717, 1.165) is 84.1 Å². The molecular formula is C25H27N7O. The summed E-state index contributed by atoms with van der Waals surface area (Å²) in [6.45, 7) is 7.24. The minimum Gasteiger partial charge on any atom is -0.353 e. The first-order chi connectivity index (χ1) is 16.0. The van der Waals surface area contributed by atoms with E-state index in [1.54, 1.807) is 0 Å². The van der Waals surface area contributed by atoms with E-state index in [1.165, 1.54) is 0 Å². The highest BCUT2D eigenvalue weighted by Gasteiger charge is 2.34. The van der Waals surface area contributed by atoms with Crippen LogP contribution in [0.1, 0.15) is 24.1 Å². The third kappa shape index (κ3) is 3.75. The molecule has 4 aromatic heterocycles. The zero-order chi connectivity index (χ0) is 22.5. The number of pyridine rings is 2. The summed E-state index contributed by atoms with van der Waals surface area (Å²) in [5, 5.41) is 5.61. The van der Waals surface area contributed by atoms with Crippen molar-refractivity contribution in [3.63, 3.8) is 0 Å². The van der Waals surface area contributed by atoms with Crippen molar-refractivity contribution in [3.8, 4) is 16.9 Å². The monoisotopic (exact) mass is 441 g/mol. The number of aryl methyl sites for hydroxylation is 2. The Labute approximate surface area is 192 Å². The molecule has 2 aliphatic rings. The first-order valence-electron chi connectivity index (χ1n) is 11.6. The van der Waals surface area contributed by atoms with E-state index in [4.69, 9.17) is 0 Å². The molecule has 1 saturated carbocycles. The average Bonchev–Trinajstić information content (AvgIpc) is 3.52. The molecule has 1 aliphatic heterocycles. The molecule has 33 heavy (non-hydrogen) atoms. The van der Waals surface area contributed by atoms with Crippen LogP contribution < -0.4 is 4.90 Å². The van der Waals surface area contributed by atoms with Crippen molar-refractivity contribution >= 4 is 22.8 Å². The Balaban J connectivity index is 1.23. The number of rotatable bonds is 4. The first-order valence-corrected chi connectivity index (χ1v) is 11.6. The molecule has 0 spiro atoms. The maximum absolute atomic E-state index is 12.3. The number of aromatic amines is 1. The van der Waals surface area contributed by atoms with Crippen molar-refractivity contribution in [2.24, 2.45) is 5.92 Å². The molecule has 1 saturated heterocycles. The van der Waals surface area contributed by atoms with Crippen LogP contribution >= 0.6 is 0 Å². The van der Waals surface area contributed by atoms with Crippen LogP contribution in [0.3, 0.4) is 0 Å². The summed E-state index contributed by atoms with van der Waals surface area (Å²) in [6.07, 6.45) is 7.84. The summed E-state index contributed by atoms with van der Waals surface area (Å²) < 4.78 is 1.88. The number of hydrogen-bond donors (Lipinski definition) is 1. The highest BCUT2D eigenvalue weighted by Crippen LogP contribution is 2.32. The third-order valence-electron chi connectivity index (χ3n) is 6.76. The SMILES string of the molecule is Cc1cn(-c2cnc3[nH]c(-c4ccnc(N5CCN(C(=O)C6CC6)CC5)c4)cc3c2)nc1C. The van der Waals surface area contributed by atoms with Gasteiger partial charge in [-0.05, 0) is 56.5 Å². The number of amides is 1. The summed E-state index contributed by atoms with van der Waals surface area (Å²) in [6, 6.07) is 8.36. The van der Waals surface area contributed by atoms with Gasteiger partial charge in [0.25, 0.3) is 0 Å². The number of H-pyrrole nitrogens is 1.